The molecule has 0 aromatic heterocycles. The van der Waals surface area contributed by atoms with Gasteiger partial charge in [0, 0.05) is 12.0 Å². The van der Waals surface area contributed by atoms with Crippen LogP contribution in [0.1, 0.15) is 22.8 Å². The van der Waals surface area contributed by atoms with Crippen molar-refractivity contribution in [2.24, 2.45) is 0 Å². The Labute approximate surface area is 91.3 Å². The highest BCUT2D eigenvalue weighted by Crippen LogP contribution is 2.34. The van der Waals surface area contributed by atoms with Gasteiger partial charge in [-0.05, 0) is 19.1 Å². The van der Waals surface area contributed by atoms with Gasteiger partial charge in [-0.25, -0.2) is 9.18 Å². The number of aliphatic hydroxyl groups excluding tert-OH is 1. The van der Waals surface area contributed by atoms with Gasteiger partial charge < -0.3 is 14.9 Å². The number of hydrogen-bond acceptors (Lipinski definition) is 3. The lowest BCUT2D eigenvalue weighted by molar-refractivity contribution is 0.0588. The number of carbonyl (C=O) groups is 1. The fourth-order valence-electron chi connectivity index (χ4n) is 1.78. The standard InChI is InChI=1S/C11H11FO4/c1-5(13)9-3-6-2-7(12)4-8(11(14)15)10(6)16-9/h2,4-5,9,13H,3H2,1H3,(H,14,15). The van der Waals surface area contributed by atoms with Crippen LogP contribution in [0.5, 0.6) is 5.75 Å². The van der Waals surface area contributed by atoms with Gasteiger partial charge >= 0.3 is 5.97 Å². The third-order valence-electron chi connectivity index (χ3n) is 2.59. The highest BCUT2D eigenvalue weighted by Gasteiger charge is 2.31. The summed E-state index contributed by atoms with van der Waals surface area (Å²) >= 11 is 0. The Kier molecular flexibility index (Phi) is 2.55. The molecule has 0 spiro atoms. The summed E-state index contributed by atoms with van der Waals surface area (Å²) in [7, 11) is 0. The van der Waals surface area contributed by atoms with E-state index in [0.29, 0.717) is 12.0 Å². The number of benzene rings is 1. The van der Waals surface area contributed by atoms with E-state index in [-0.39, 0.29) is 11.3 Å². The largest absolute Gasteiger partial charge is 0.486 e. The first-order chi connectivity index (χ1) is 7.49. The van der Waals surface area contributed by atoms with E-state index in [2.05, 4.69) is 0 Å². The van der Waals surface area contributed by atoms with Gasteiger partial charge in [-0.2, -0.15) is 0 Å². The van der Waals surface area contributed by atoms with E-state index >= 15 is 0 Å². The summed E-state index contributed by atoms with van der Waals surface area (Å²) in [5.41, 5.74) is 0.293. The van der Waals surface area contributed by atoms with Crippen molar-refractivity contribution in [3.63, 3.8) is 0 Å². The fourth-order valence-corrected chi connectivity index (χ4v) is 1.78. The zero-order valence-corrected chi connectivity index (χ0v) is 8.61. The number of carboxylic acid groups (broad SMARTS) is 1. The van der Waals surface area contributed by atoms with Gasteiger partial charge in [-0.3, -0.25) is 0 Å². The van der Waals surface area contributed by atoms with E-state index < -0.39 is 24.0 Å². The number of halogens is 1. The van der Waals surface area contributed by atoms with Crippen LogP contribution in [0.2, 0.25) is 0 Å². The Hall–Kier alpha value is -1.62. The second-order valence-corrected chi connectivity index (χ2v) is 3.85. The van der Waals surface area contributed by atoms with E-state index in [4.69, 9.17) is 9.84 Å². The van der Waals surface area contributed by atoms with Crippen molar-refractivity contribution in [2.75, 3.05) is 0 Å². The van der Waals surface area contributed by atoms with E-state index in [9.17, 15) is 14.3 Å². The molecular formula is C11H11FO4. The van der Waals surface area contributed by atoms with Crippen LogP contribution < -0.4 is 4.74 Å². The summed E-state index contributed by atoms with van der Waals surface area (Å²) in [6, 6.07) is 2.16. The van der Waals surface area contributed by atoms with Gasteiger partial charge in [0.05, 0.1) is 6.10 Å². The zero-order chi connectivity index (χ0) is 11.9. The summed E-state index contributed by atoms with van der Waals surface area (Å²) < 4.78 is 18.4. The number of hydrogen-bond donors (Lipinski definition) is 2. The average molecular weight is 226 g/mol. The molecule has 0 bridgehead atoms. The molecule has 0 saturated heterocycles. The molecule has 2 unspecified atom stereocenters. The molecule has 2 N–H and O–H groups in total. The van der Waals surface area contributed by atoms with Crippen molar-refractivity contribution < 1.29 is 24.1 Å². The third kappa shape index (κ3) is 1.74. The van der Waals surface area contributed by atoms with Crippen LogP contribution in [-0.2, 0) is 6.42 Å². The highest BCUT2D eigenvalue weighted by atomic mass is 19.1. The monoisotopic (exact) mass is 226 g/mol. The van der Waals surface area contributed by atoms with E-state index in [1.54, 1.807) is 6.92 Å². The quantitative estimate of drug-likeness (QED) is 0.795. The van der Waals surface area contributed by atoms with Gasteiger partial charge in [0.15, 0.2) is 0 Å². The molecule has 0 fully saturated rings. The molecule has 2 rings (SSSR count). The normalized spacial score (nSPS) is 20.1. The lowest BCUT2D eigenvalue weighted by atomic mass is 10.0. The van der Waals surface area contributed by atoms with Crippen LogP contribution >= 0.6 is 0 Å². The Morgan fingerprint density at radius 2 is 2.31 bits per heavy atom. The van der Waals surface area contributed by atoms with Gasteiger partial charge in [0.2, 0.25) is 0 Å². The molecular weight excluding hydrogens is 215 g/mol. The molecule has 5 heteroatoms. The summed E-state index contributed by atoms with van der Waals surface area (Å²) in [4.78, 5) is 10.9. The molecule has 4 nitrogen and oxygen atoms in total. The first-order valence-electron chi connectivity index (χ1n) is 4.89. The number of fused-ring (bicyclic) bond motifs is 1. The van der Waals surface area contributed by atoms with Crippen molar-refractivity contribution in [2.45, 2.75) is 25.6 Å². The number of aromatic carboxylic acids is 1. The van der Waals surface area contributed by atoms with E-state index in [0.717, 1.165) is 6.07 Å². The van der Waals surface area contributed by atoms with Crippen LogP contribution in [0, 0.1) is 5.82 Å². The molecule has 1 aliphatic rings. The minimum Gasteiger partial charge on any atom is -0.486 e. The minimum atomic E-state index is -1.23. The molecule has 86 valence electrons. The molecule has 16 heavy (non-hydrogen) atoms. The third-order valence-corrected chi connectivity index (χ3v) is 2.59. The summed E-state index contributed by atoms with van der Waals surface area (Å²) in [5, 5.41) is 18.2. The molecule has 0 radical (unpaired) electrons. The van der Waals surface area contributed by atoms with Gasteiger partial charge in [0.25, 0.3) is 0 Å². The summed E-state index contributed by atoms with van der Waals surface area (Å²) in [6.07, 6.45) is -0.905. The van der Waals surface area contributed by atoms with Gasteiger partial charge in [-0.15, -0.1) is 0 Å². The van der Waals surface area contributed by atoms with Crippen LogP contribution in [0.25, 0.3) is 0 Å². The Morgan fingerprint density at radius 1 is 1.62 bits per heavy atom. The first kappa shape index (κ1) is 10.9. The predicted molar refractivity (Wildman–Crippen MR) is 53.2 cm³/mol. The highest BCUT2D eigenvalue weighted by molar-refractivity contribution is 5.91. The number of carboxylic acids is 1. The number of ether oxygens (including phenoxy) is 1. The van der Waals surface area contributed by atoms with Crippen LogP contribution in [0.15, 0.2) is 12.1 Å². The molecule has 2 atom stereocenters. The van der Waals surface area contributed by atoms with Gasteiger partial charge in [-0.1, -0.05) is 0 Å². The average Bonchev–Trinajstić information content (AvgIpc) is 2.59. The SMILES string of the molecule is CC(O)C1Cc2cc(F)cc(C(=O)O)c2O1. The lowest BCUT2D eigenvalue weighted by Crippen LogP contribution is -2.27. The Bertz CT molecular complexity index is 442. The first-order valence-corrected chi connectivity index (χ1v) is 4.89. The fraction of sp³-hybridized carbons (Fsp3) is 0.364. The lowest BCUT2D eigenvalue weighted by Gasteiger charge is -2.13. The molecule has 0 amide bonds. The van der Waals surface area contributed by atoms with Crippen molar-refractivity contribution in [3.05, 3.63) is 29.1 Å². The van der Waals surface area contributed by atoms with Crippen LogP contribution in [0.3, 0.4) is 0 Å². The topological polar surface area (TPSA) is 66.8 Å². The van der Waals surface area contributed by atoms with Crippen molar-refractivity contribution >= 4 is 5.97 Å². The van der Waals surface area contributed by atoms with Crippen molar-refractivity contribution in [1.82, 2.24) is 0 Å². The summed E-state index contributed by atoms with van der Waals surface area (Å²) in [6.45, 7) is 1.55. The second kappa shape index (κ2) is 3.75. The molecule has 1 aliphatic heterocycles. The molecule has 1 heterocycles. The molecule has 1 aromatic rings. The summed E-state index contributed by atoms with van der Waals surface area (Å²) in [5.74, 6) is -1.67. The Morgan fingerprint density at radius 3 is 2.88 bits per heavy atom. The molecule has 1 aromatic carbocycles. The van der Waals surface area contributed by atoms with Gasteiger partial charge in [0.1, 0.15) is 23.2 Å². The molecule has 0 saturated carbocycles. The predicted octanol–water partition coefficient (Wildman–Crippen LogP) is 1.21. The minimum absolute atomic E-state index is 0.166. The molecule has 0 aliphatic carbocycles. The van der Waals surface area contributed by atoms with E-state index in [1.807, 2.05) is 0 Å². The number of aliphatic hydroxyl groups is 1. The van der Waals surface area contributed by atoms with Crippen molar-refractivity contribution in [1.29, 1.82) is 0 Å². The Balaban J connectivity index is 2.44. The van der Waals surface area contributed by atoms with Crippen molar-refractivity contribution in [3.8, 4) is 5.75 Å². The second-order valence-electron chi connectivity index (χ2n) is 3.85. The van der Waals surface area contributed by atoms with Crippen LogP contribution in [0.4, 0.5) is 4.39 Å². The maximum Gasteiger partial charge on any atom is 0.339 e. The van der Waals surface area contributed by atoms with E-state index in [1.165, 1.54) is 6.07 Å². The van der Waals surface area contributed by atoms with Crippen LogP contribution in [-0.4, -0.2) is 28.4 Å². The zero-order valence-electron chi connectivity index (χ0n) is 8.61. The maximum absolute atomic E-state index is 13.1. The maximum atomic E-state index is 13.1. The number of rotatable bonds is 2. The smallest absolute Gasteiger partial charge is 0.339 e.